The van der Waals surface area contributed by atoms with Crippen molar-refractivity contribution < 1.29 is 14.2 Å². The van der Waals surface area contributed by atoms with Crippen LogP contribution in [0.15, 0.2) is 42.7 Å². The lowest BCUT2D eigenvalue weighted by atomic mass is 10.1. The topological polar surface area (TPSA) is 54.4 Å². The van der Waals surface area contributed by atoms with E-state index in [0.717, 1.165) is 11.1 Å². The molecule has 0 aliphatic heterocycles. The highest BCUT2D eigenvalue weighted by Crippen LogP contribution is 2.11. The molecule has 1 atom stereocenters. The Hall–Kier alpha value is -1.98. The number of aliphatic hydroxyl groups is 1. The van der Waals surface area contributed by atoms with Crippen molar-refractivity contribution in [1.82, 2.24) is 10.3 Å². The molecular weight excluding hydrogens is 271 g/mol. The molecule has 0 aliphatic rings. The molecule has 0 aliphatic carbocycles. The van der Waals surface area contributed by atoms with E-state index >= 15 is 0 Å². The van der Waals surface area contributed by atoms with E-state index in [1.54, 1.807) is 6.20 Å². The molecule has 1 heterocycles. The third-order valence-electron chi connectivity index (χ3n) is 3.10. The van der Waals surface area contributed by atoms with E-state index in [-0.39, 0.29) is 12.4 Å². The Balaban J connectivity index is 1.69. The van der Waals surface area contributed by atoms with Gasteiger partial charge in [0.15, 0.2) is 0 Å². The summed E-state index contributed by atoms with van der Waals surface area (Å²) in [5.41, 5.74) is 2.26. The average molecular weight is 290 g/mol. The molecule has 1 aromatic heterocycles. The minimum atomic E-state index is -0.632. The molecule has 4 nitrogen and oxygen atoms in total. The fourth-order valence-electron chi connectivity index (χ4n) is 1.84. The first kappa shape index (κ1) is 15.4. The van der Waals surface area contributed by atoms with E-state index in [1.165, 1.54) is 24.3 Å². The summed E-state index contributed by atoms with van der Waals surface area (Å²) >= 11 is 0. The van der Waals surface area contributed by atoms with Crippen LogP contribution in [0.5, 0.6) is 5.75 Å². The molecule has 0 radical (unpaired) electrons. The highest BCUT2D eigenvalue weighted by atomic mass is 19.1. The second-order valence-corrected chi connectivity index (χ2v) is 4.85. The number of aromatic nitrogens is 1. The quantitative estimate of drug-likeness (QED) is 0.819. The molecule has 1 aromatic carbocycles. The van der Waals surface area contributed by atoms with Crippen LogP contribution in [-0.4, -0.2) is 29.3 Å². The molecule has 0 spiro atoms. The number of aryl methyl sites for hydroxylation is 1. The van der Waals surface area contributed by atoms with Crippen molar-refractivity contribution in [3.63, 3.8) is 0 Å². The van der Waals surface area contributed by atoms with Gasteiger partial charge in [0.05, 0.1) is 0 Å². The van der Waals surface area contributed by atoms with Crippen LogP contribution in [0.2, 0.25) is 0 Å². The van der Waals surface area contributed by atoms with E-state index in [0.29, 0.717) is 18.8 Å². The summed E-state index contributed by atoms with van der Waals surface area (Å²) in [6.45, 7) is 3.24. The van der Waals surface area contributed by atoms with Crippen LogP contribution in [0.1, 0.15) is 11.1 Å². The Labute approximate surface area is 123 Å². The Morgan fingerprint density at radius 2 is 2.05 bits per heavy atom. The lowest BCUT2D eigenvalue weighted by molar-refractivity contribution is 0.106. The van der Waals surface area contributed by atoms with Gasteiger partial charge in [0.25, 0.3) is 0 Å². The molecule has 1 unspecified atom stereocenters. The number of nitrogens with one attached hydrogen (secondary N) is 1. The Morgan fingerprint density at radius 3 is 2.76 bits per heavy atom. The highest BCUT2D eigenvalue weighted by molar-refractivity contribution is 5.22. The number of ether oxygens (including phenoxy) is 1. The molecule has 21 heavy (non-hydrogen) atoms. The maximum absolute atomic E-state index is 12.7. The highest BCUT2D eigenvalue weighted by Gasteiger charge is 2.06. The SMILES string of the molecule is Cc1ccncc1CNCC(O)COc1ccc(F)cc1. The second kappa shape index (κ2) is 7.71. The van der Waals surface area contributed by atoms with Gasteiger partial charge >= 0.3 is 0 Å². The van der Waals surface area contributed by atoms with Crippen molar-refractivity contribution in [2.75, 3.05) is 13.2 Å². The summed E-state index contributed by atoms with van der Waals surface area (Å²) in [7, 11) is 0. The molecule has 0 fully saturated rings. The lowest BCUT2D eigenvalue weighted by Crippen LogP contribution is -2.31. The van der Waals surface area contributed by atoms with Gasteiger partial charge in [0.2, 0.25) is 0 Å². The molecule has 2 N–H and O–H groups in total. The molecule has 112 valence electrons. The standard InChI is InChI=1S/C16H19FN2O2/c1-12-6-7-18-8-13(12)9-19-10-15(20)11-21-16-4-2-14(17)3-5-16/h2-8,15,19-20H,9-11H2,1H3. The Bertz CT molecular complexity index is 560. The molecule has 0 saturated carbocycles. The largest absolute Gasteiger partial charge is 0.491 e. The van der Waals surface area contributed by atoms with Gasteiger partial charge in [-0.15, -0.1) is 0 Å². The number of hydrogen-bond acceptors (Lipinski definition) is 4. The summed E-state index contributed by atoms with van der Waals surface area (Å²) < 4.78 is 18.1. The summed E-state index contributed by atoms with van der Waals surface area (Å²) in [5.74, 6) is 0.231. The molecular formula is C16H19FN2O2. The van der Waals surface area contributed by atoms with Crippen LogP contribution in [0.4, 0.5) is 4.39 Å². The van der Waals surface area contributed by atoms with Gasteiger partial charge in [-0.05, 0) is 48.4 Å². The number of hydrogen-bond donors (Lipinski definition) is 2. The van der Waals surface area contributed by atoms with E-state index in [1.807, 2.05) is 19.2 Å². The van der Waals surface area contributed by atoms with Gasteiger partial charge in [-0.3, -0.25) is 4.98 Å². The molecule has 0 amide bonds. The van der Waals surface area contributed by atoms with Crippen molar-refractivity contribution in [3.8, 4) is 5.75 Å². The third kappa shape index (κ3) is 5.13. The predicted molar refractivity (Wildman–Crippen MR) is 78.6 cm³/mol. The van der Waals surface area contributed by atoms with Gasteiger partial charge < -0.3 is 15.2 Å². The van der Waals surface area contributed by atoms with Crippen LogP contribution in [-0.2, 0) is 6.54 Å². The zero-order valence-corrected chi connectivity index (χ0v) is 11.9. The smallest absolute Gasteiger partial charge is 0.123 e. The number of pyridine rings is 1. The second-order valence-electron chi connectivity index (χ2n) is 4.85. The van der Waals surface area contributed by atoms with E-state index < -0.39 is 6.10 Å². The normalized spacial score (nSPS) is 12.1. The number of nitrogens with zero attached hydrogens (tertiary/aromatic N) is 1. The monoisotopic (exact) mass is 290 g/mol. The Morgan fingerprint density at radius 1 is 1.29 bits per heavy atom. The molecule has 0 saturated heterocycles. The molecule has 2 aromatic rings. The minimum absolute atomic E-state index is 0.157. The predicted octanol–water partition coefficient (Wildman–Crippen LogP) is 2.06. The number of rotatable bonds is 7. The van der Waals surface area contributed by atoms with Gasteiger partial charge in [-0.1, -0.05) is 0 Å². The zero-order chi connectivity index (χ0) is 15.1. The number of halogens is 1. The van der Waals surface area contributed by atoms with Crippen LogP contribution in [0, 0.1) is 12.7 Å². The third-order valence-corrected chi connectivity index (χ3v) is 3.10. The van der Waals surface area contributed by atoms with E-state index in [9.17, 15) is 9.50 Å². The average Bonchev–Trinajstić information content (AvgIpc) is 2.49. The number of benzene rings is 1. The lowest BCUT2D eigenvalue weighted by Gasteiger charge is -2.13. The summed E-state index contributed by atoms with van der Waals surface area (Å²) in [4.78, 5) is 4.07. The van der Waals surface area contributed by atoms with Crippen molar-refractivity contribution in [2.24, 2.45) is 0 Å². The van der Waals surface area contributed by atoms with Crippen LogP contribution in [0.25, 0.3) is 0 Å². The fraction of sp³-hybridized carbons (Fsp3) is 0.312. The van der Waals surface area contributed by atoms with Crippen molar-refractivity contribution >= 4 is 0 Å². The molecule has 5 heteroatoms. The van der Waals surface area contributed by atoms with Crippen molar-refractivity contribution in [3.05, 3.63) is 59.7 Å². The van der Waals surface area contributed by atoms with E-state index in [2.05, 4.69) is 10.3 Å². The fourth-order valence-corrected chi connectivity index (χ4v) is 1.84. The first-order valence-corrected chi connectivity index (χ1v) is 6.82. The first-order valence-electron chi connectivity index (χ1n) is 6.82. The van der Waals surface area contributed by atoms with E-state index in [4.69, 9.17) is 4.74 Å². The minimum Gasteiger partial charge on any atom is -0.491 e. The van der Waals surface area contributed by atoms with Gasteiger partial charge in [0, 0.05) is 25.5 Å². The first-order chi connectivity index (χ1) is 10.1. The molecule has 0 bridgehead atoms. The van der Waals surface area contributed by atoms with Gasteiger partial charge in [0.1, 0.15) is 24.3 Å². The molecule has 2 rings (SSSR count). The van der Waals surface area contributed by atoms with Crippen LogP contribution >= 0.6 is 0 Å². The summed E-state index contributed by atoms with van der Waals surface area (Å²) in [5, 5.41) is 13.0. The zero-order valence-electron chi connectivity index (χ0n) is 11.9. The maximum Gasteiger partial charge on any atom is 0.123 e. The number of aliphatic hydroxyl groups excluding tert-OH is 1. The Kier molecular flexibility index (Phi) is 5.66. The van der Waals surface area contributed by atoms with Gasteiger partial charge in [-0.2, -0.15) is 0 Å². The summed E-state index contributed by atoms with van der Waals surface area (Å²) in [6.07, 6.45) is 2.93. The van der Waals surface area contributed by atoms with Crippen molar-refractivity contribution in [1.29, 1.82) is 0 Å². The summed E-state index contributed by atoms with van der Waals surface area (Å²) in [6, 6.07) is 7.67. The van der Waals surface area contributed by atoms with Crippen LogP contribution in [0.3, 0.4) is 0 Å². The van der Waals surface area contributed by atoms with Gasteiger partial charge in [-0.25, -0.2) is 4.39 Å². The maximum atomic E-state index is 12.7. The van der Waals surface area contributed by atoms with Crippen LogP contribution < -0.4 is 10.1 Å². The van der Waals surface area contributed by atoms with Crippen molar-refractivity contribution in [2.45, 2.75) is 19.6 Å².